The van der Waals surface area contributed by atoms with Crippen LogP contribution >= 0.6 is 11.6 Å². The van der Waals surface area contributed by atoms with Crippen molar-refractivity contribution in [2.75, 3.05) is 20.8 Å². The van der Waals surface area contributed by atoms with Crippen LogP contribution in [0.25, 0.3) is 0 Å². The van der Waals surface area contributed by atoms with Crippen LogP contribution in [0, 0.1) is 11.8 Å². The van der Waals surface area contributed by atoms with Gasteiger partial charge >= 0.3 is 18.1 Å². The maximum Gasteiger partial charge on any atom is 0.373 e. The summed E-state index contributed by atoms with van der Waals surface area (Å²) in [6, 6.07) is 5.41. The number of ether oxygens (including phenoxy) is 3. The number of para-hydroxylation sites is 1. The predicted octanol–water partition coefficient (Wildman–Crippen LogP) is 2.22. The molecule has 0 bridgehead atoms. The molecule has 2 rings (SSSR count). The van der Waals surface area contributed by atoms with Crippen molar-refractivity contribution in [3.63, 3.8) is 0 Å². The zero-order valence-electron chi connectivity index (χ0n) is 14.1. The van der Waals surface area contributed by atoms with E-state index in [0.29, 0.717) is 17.4 Å². The number of esters is 2. The number of methoxy groups -OCH3 is 2. The number of fused-ring (bicyclic) bond motifs is 1. The second-order valence-electron chi connectivity index (χ2n) is 5.43. The Morgan fingerprint density at radius 1 is 1.32 bits per heavy atom. The first kappa shape index (κ1) is 20.7. The van der Waals surface area contributed by atoms with E-state index in [1.54, 1.807) is 13.0 Å². The van der Waals surface area contributed by atoms with Gasteiger partial charge in [-0.25, -0.2) is 0 Å². The van der Waals surface area contributed by atoms with Gasteiger partial charge in [0.25, 0.3) is 0 Å². The second-order valence-corrected chi connectivity index (χ2v) is 5.84. The van der Waals surface area contributed by atoms with Gasteiger partial charge in [0.15, 0.2) is 0 Å². The molecule has 0 spiro atoms. The number of rotatable bonds is 4. The first-order chi connectivity index (χ1) is 11.9. The zero-order chi connectivity index (χ0) is 19.0. The largest absolute Gasteiger partial charge is 0.491 e. The molecule has 0 fully saturated rings. The highest BCUT2D eigenvalue weighted by molar-refractivity contribution is 6.32. The maximum atomic E-state index is 12.0. The van der Waals surface area contributed by atoms with Crippen molar-refractivity contribution < 1.29 is 33.4 Å². The maximum absolute atomic E-state index is 12.0. The number of benzene rings is 1. The fourth-order valence-corrected chi connectivity index (χ4v) is 3.22. The Hall–Kier alpha value is -2.37. The Bertz CT molecular complexity index is 652. The van der Waals surface area contributed by atoms with Crippen LogP contribution in [-0.2, 0) is 28.7 Å². The summed E-state index contributed by atoms with van der Waals surface area (Å²) in [6.07, 6.45) is 0.425. The van der Waals surface area contributed by atoms with Crippen molar-refractivity contribution in [2.45, 2.75) is 19.3 Å². The molecule has 3 atom stereocenters. The molecule has 0 N–H and O–H groups in total. The number of hydrogen-bond acceptors (Lipinski definition) is 7. The standard InChI is InChI=1S/C16H19ClO5.CO2/c1-9(16(19)21-3)14-10(7-13(18)20-2)8-22-15-11(14)5-4-6-12(15)17;2-1-3/h4-6,9-10,14H,7-8H2,1-3H3;. The molecule has 1 aromatic carbocycles. The normalized spacial score (nSPS) is 19.0. The Morgan fingerprint density at radius 2 is 1.96 bits per heavy atom. The monoisotopic (exact) mass is 370 g/mol. The predicted molar refractivity (Wildman–Crippen MR) is 86.0 cm³/mol. The van der Waals surface area contributed by atoms with Crippen LogP contribution in [0.2, 0.25) is 5.02 Å². The van der Waals surface area contributed by atoms with Gasteiger partial charge in [0, 0.05) is 17.4 Å². The molecule has 1 aliphatic heterocycles. The molecule has 136 valence electrons. The van der Waals surface area contributed by atoms with E-state index in [-0.39, 0.29) is 36.3 Å². The fraction of sp³-hybridized carbons (Fsp3) is 0.471. The quantitative estimate of drug-likeness (QED) is 0.749. The molecule has 0 aliphatic carbocycles. The van der Waals surface area contributed by atoms with E-state index in [1.807, 2.05) is 12.1 Å². The molecule has 3 unspecified atom stereocenters. The van der Waals surface area contributed by atoms with Crippen molar-refractivity contribution >= 4 is 29.7 Å². The molecule has 0 saturated heterocycles. The van der Waals surface area contributed by atoms with Crippen molar-refractivity contribution in [1.82, 2.24) is 0 Å². The molecule has 7 nitrogen and oxygen atoms in total. The Labute approximate surface area is 150 Å². The van der Waals surface area contributed by atoms with E-state index in [1.165, 1.54) is 14.2 Å². The van der Waals surface area contributed by atoms with Crippen LogP contribution in [0.15, 0.2) is 18.2 Å². The molecule has 25 heavy (non-hydrogen) atoms. The summed E-state index contributed by atoms with van der Waals surface area (Å²) in [6.45, 7) is 2.09. The van der Waals surface area contributed by atoms with Gasteiger partial charge in [-0.15, -0.1) is 0 Å². The van der Waals surface area contributed by atoms with E-state index < -0.39 is 5.92 Å². The summed E-state index contributed by atoms with van der Waals surface area (Å²) in [7, 11) is 2.70. The molecule has 1 aliphatic rings. The average Bonchev–Trinajstić information content (AvgIpc) is 2.61. The number of carbonyl (C=O) groups is 2. The summed E-state index contributed by atoms with van der Waals surface area (Å²) in [4.78, 5) is 39.9. The number of halogens is 1. The summed E-state index contributed by atoms with van der Waals surface area (Å²) in [5.74, 6) is -0.887. The second kappa shape index (κ2) is 9.81. The highest BCUT2D eigenvalue weighted by atomic mass is 35.5. The van der Waals surface area contributed by atoms with Gasteiger partial charge < -0.3 is 14.2 Å². The van der Waals surface area contributed by atoms with Gasteiger partial charge in [-0.05, 0) is 6.07 Å². The first-order valence-corrected chi connectivity index (χ1v) is 7.84. The van der Waals surface area contributed by atoms with E-state index in [4.69, 9.17) is 35.4 Å². The summed E-state index contributed by atoms with van der Waals surface area (Å²) in [5.41, 5.74) is 0.825. The van der Waals surface area contributed by atoms with Gasteiger partial charge in [-0.2, -0.15) is 9.59 Å². The lowest BCUT2D eigenvalue weighted by Gasteiger charge is -2.36. The summed E-state index contributed by atoms with van der Waals surface area (Å²) >= 11 is 6.17. The molecule has 0 amide bonds. The van der Waals surface area contributed by atoms with Gasteiger partial charge in [0.2, 0.25) is 0 Å². The molecule has 8 heteroatoms. The highest BCUT2D eigenvalue weighted by Crippen LogP contribution is 2.46. The minimum absolute atomic E-state index is 0.174. The number of hydrogen-bond donors (Lipinski definition) is 0. The minimum atomic E-state index is -0.416. The molecule has 1 aromatic rings. The molecule has 0 saturated carbocycles. The van der Waals surface area contributed by atoms with Crippen molar-refractivity contribution in [2.24, 2.45) is 11.8 Å². The number of carbonyl (C=O) groups excluding carboxylic acids is 4. The Kier molecular flexibility index (Phi) is 8.11. The van der Waals surface area contributed by atoms with E-state index in [9.17, 15) is 9.59 Å². The van der Waals surface area contributed by atoms with Crippen LogP contribution in [0.4, 0.5) is 0 Å². The van der Waals surface area contributed by atoms with Gasteiger partial charge in [-0.3, -0.25) is 9.59 Å². The smallest absolute Gasteiger partial charge is 0.373 e. The highest BCUT2D eigenvalue weighted by Gasteiger charge is 2.40. The Morgan fingerprint density at radius 3 is 2.52 bits per heavy atom. The zero-order valence-corrected chi connectivity index (χ0v) is 14.9. The third kappa shape index (κ3) is 5.05. The van der Waals surface area contributed by atoms with Crippen molar-refractivity contribution in [1.29, 1.82) is 0 Å². The van der Waals surface area contributed by atoms with E-state index >= 15 is 0 Å². The third-order valence-corrected chi connectivity index (χ3v) is 4.37. The van der Waals surface area contributed by atoms with E-state index in [2.05, 4.69) is 0 Å². The lowest BCUT2D eigenvalue weighted by atomic mass is 9.74. The van der Waals surface area contributed by atoms with Crippen LogP contribution < -0.4 is 4.74 Å². The molecular weight excluding hydrogens is 352 g/mol. The summed E-state index contributed by atoms with van der Waals surface area (Å²) < 4.78 is 15.3. The third-order valence-electron chi connectivity index (χ3n) is 4.07. The molecule has 0 radical (unpaired) electrons. The van der Waals surface area contributed by atoms with Crippen molar-refractivity contribution in [3.8, 4) is 5.75 Å². The fourth-order valence-electron chi connectivity index (χ4n) is 2.98. The topological polar surface area (TPSA) is 96.0 Å². The van der Waals surface area contributed by atoms with Gasteiger partial charge in [0.1, 0.15) is 5.75 Å². The molecular formula is C17H19ClO7. The first-order valence-electron chi connectivity index (χ1n) is 7.46. The molecule has 0 aromatic heterocycles. The Balaban J connectivity index is 0.000000970. The minimum Gasteiger partial charge on any atom is -0.491 e. The van der Waals surface area contributed by atoms with Crippen LogP contribution in [0.5, 0.6) is 5.75 Å². The van der Waals surface area contributed by atoms with Crippen LogP contribution in [0.1, 0.15) is 24.8 Å². The molecule has 1 heterocycles. The lowest BCUT2D eigenvalue weighted by molar-refractivity contribution is -0.191. The van der Waals surface area contributed by atoms with Gasteiger partial charge in [-0.1, -0.05) is 30.7 Å². The van der Waals surface area contributed by atoms with Gasteiger partial charge in [0.05, 0.1) is 38.2 Å². The SMILES string of the molecule is COC(=O)CC1COc2c(Cl)cccc2C1C(C)C(=O)OC.O=C=O. The summed E-state index contributed by atoms with van der Waals surface area (Å²) in [5, 5.41) is 0.496. The van der Waals surface area contributed by atoms with E-state index in [0.717, 1.165) is 5.56 Å². The van der Waals surface area contributed by atoms with Crippen LogP contribution in [0.3, 0.4) is 0 Å². The lowest BCUT2D eigenvalue weighted by Crippen LogP contribution is -2.35. The van der Waals surface area contributed by atoms with Crippen molar-refractivity contribution in [3.05, 3.63) is 28.8 Å². The average molecular weight is 371 g/mol. The van der Waals surface area contributed by atoms with Crippen LogP contribution in [-0.4, -0.2) is 38.9 Å².